The van der Waals surface area contributed by atoms with Crippen molar-refractivity contribution in [1.29, 1.82) is 0 Å². The molecule has 1 aromatic carbocycles. The minimum absolute atomic E-state index is 0.167. The first-order valence-corrected chi connectivity index (χ1v) is 8.64. The van der Waals surface area contributed by atoms with Gasteiger partial charge < -0.3 is 10.1 Å². The summed E-state index contributed by atoms with van der Waals surface area (Å²) in [5.41, 5.74) is 1.99. The smallest absolute Gasteiger partial charge is 0.255 e. The zero-order chi connectivity index (χ0) is 18.7. The van der Waals surface area contributed by atoms with Crippen LogP contribution in [0.4, 0.5) is 4.39 Å². The number of hydrogen-bond donors (Lipinski definition) is 1. The number of nitrogens with one attached hydrogen (secondary N) is 1. The first-order valence-electron chi connectivity index (χ1n) is 8.64. The van der Waals surface area contributed by atoms with E-state index < -0.39 is 11.7 Å². The Hall–Kier alpha value is -2.54. The molecule has 0 aliphatic carbocycles. The van der Waals surface area contributed by atoms with Crippen LogP contribution < -0.4 is 10.1 Å². The van der Waals surface area contributed by atoms with Gasteiger partial charge in [-0.1, -0.05) is 0 Å². The fourth-order valence-electron chi connectivity index (χ4n) is 3.32. The molecule has 1 saturated heterocycles. The maximum absolute atomic E-state index is 13.5. The quantitative estimate of drug-likeness (QED) is 0.890. The van der Waals surface area contributed by atoms with Gasteiger partial charge in [-0.2, -0.15) is 0 Å². The Morgan fingerprint density at radius 2 is 2.27 bits per heavy atom. The molecule has 26 heavy (non-hydrogen) atoms. The first kappa shape index (κ1) is 18.3. The molecule has 0 saturated carbocycles. The predicted molar refractivity (Wildman–Crippen MR) is 95.5 cm³/mol. The highest BCUT2D eigenvalue weighted by atomic mass is 19.1. The van der Waals surface area contributed by atoms with Crippen LogP contribution >= 0.6 is 0 Å². The Labute approximate surface area is 152 Å². The van der Waals surface area contributed by atoms with Gasteiger partial charge in [0.1, 0.15) is 17.4 Å². The van der Waals surface area contributed by atoms with Gasteiger partial charge in [0.15, 0.2) is 0 Å². The number of aryl methyl sites for hydroxylation is 1. The molecule has 1 amide bonds. The van der Waals surface area contributed by atoms with Crippen molar-refractivity contribution in [2.75, 3.05) is 20.7 Å². The van der Waals surface area contributed by atoms with Gasteiger partial charge in [0.2, 0.25) is 0 Å². The molecule has 1 aliphatic heterocycles. The SMILES string of the molecule is COc1ccc(F)cc1C(=O)NCc1cnc(C)nc1[C@@H]1CCCN1C. The van der Waals surface area contributed by atoms with Crippen LogP contribution in [0, 0.1) is 12.7 Å². The van der Waals surface area contributed by atoms with Crippen molar-refractivity contribution >= 4 is 5.91 Å². The van der Waals surface area contributed by atoms with E-state index >= 15 is 0 Å². The van der Waals surface area contributed by atoms with Crippen LogP contribution in [0.2, 0.25) is 0 Å². The highest BCUT2D eigenvalue weighted by molar-refractivity contribution is 5.96. The highest BCUT2D eigenvalue weighted by Crippen LogP contribution is 2.31. The van der Waals surface area contributed by atoms with Crippen LogP contribution in [0.3, 0.4) is 0 Å². The Morgan fingerprint density at radius 3 is 2.96 bits per heavy atom. The molecule has 0 spiro atoms. The number of benzene rings is 1. The second-order valence-corrected chi connectivity index (χ2v) is 6.49. The summed E-state index contributed by atoms with van der Waals surface area (Å²) in [7, 11) is 3.53. The summed E-state index contributed by atoms with van der Waals surface area (Å²) < 4.78 is 18.7. The molecule has 6 nitrogen and oxygen atoms in total. The number of methoxy groups -OCH3 is 1. The van der Waals surface area contributed by atoms with Crippen LogP contribution in [0.15, 0.2) is 24.4 Å². The highest BCUT2D eigenvalue weighted by Gasteiger charge is 2.26. The Balaban J connectivity index is 1.80. The molecule has 1 fully saturated rings. The Kier molecular flexibility index (Phi) is 5.46. The molecule has 1 aliphatic rings. The van der Waals surface area contributed by atoms with E-state index in [1.54, 1.807) is 6.20 Å². The van der Waals surface area contributed by atoms with Gasteiger partial charge in [-0.3, -0.25) is 9.69 Å². The minimum atomic E-state index is -0.483. The molecule has 0 radical (unpaired) electrons. The standard InChI is InChI=1S/C19H23FN4O2/c1-12-21-10-13(18(23-12)16-5-4-8-24(16)2)11-22-19(25)15-9-14(20)6-7-17(15)26-3/h6-7,9-10,16H,4-5,8,11H2,1-3H3,(H,22,25)/t16-/m0/s1. The Bertz CT molecular complexity index is 812. The number of carbonyl (C=O) groups is 1. The Morgan fingerprint density at radius 1 is 1.46 bits per heavy atom. The van der Waals surface area contributed by atoms with Crippen molar-refractivity contribution in [2.24, 2.45) is 0 Å². The third-order valence-electron chi connectivity index (χ3n) is 4.70. The largest absolute Gasteiger partial charge is 0.496 e. The fraction of sp³-hybridized carbons (Fsp3) is 0.421. The molecule has 138 valence electrons. The third-order valence-corrected chi connectivity index (χ3v) is 4.70. The van der Waals surface area contributed by atoms with Crippen LogP contribution in [0.25, 0.3) is 0 Å². The molecular formula is C19H23FN4O2. The number of rotatable bonds is 5. The number of carbonyl (C=O) groups excluding carboxylic acids is 1. The van der Waals surface area contributed by atoms with E-state index in [4.69, 9.17) is 4.74 Å². The van der Waals surface area contributed by atoms with Crippen molar-refractivity contribution in [3.63, 3.8) is 0 Å². The number of aromatic nitrogens is 2. The summed E-state index contributed by atoms with van der Waals surface area (Å²) in [6.07, 6.45) is 3.91. The van der Waals surface area contributed by atoms with Crippen LogP contribution in [0.5, 0.6) is 5.75 Å². The molecule has 1 N–H and O–H groups in total. The van der Waals surface area contributed by atoms with E-state index in [-0.39, 0.29) is 18.2 Å². The van der Waals surface area contributed by atoms with Gasteiger partial charge in [-0.05, 0) is 51.6 Å². The number of likely N-dealkylation sites (tertiary alicyclic amines) is 1. The molecule has 1 atom stereocenters. The molecule has 7 heteroatoms. The van der Waals surface area contributed by atoms with Crippen LogP contribution in [-0.4, -0.2) is 41.5 Å². The molecule has 1 aromatic heterocycles. The lowest BCUT2D eigenvalue weighted by Crippen LogP contribution is -2.26. The molecule has 2 heterocycles. The molecule has 0 unspecified atom stereocenters. The van der Waals surface area contributed by atoms with Crippen molar-refractivity contribution < 1.29 is 13.9 Å². The lowest BCUT2D eigenvalue weighted by Gasteiger charge is -2.22. The second-order valence-electron chi connectivity index (χ2n) is 6.49. The molecule has 3 rings (SSSR count). The number of hydrogen-bond acceptors (Lipinski definition) is 5. The van der Waals surface area contributed by atoms with E-state index in [2.05, 4.69) is 27.2 Å². The lowest BCUT2D eigenvalue weighted by atomic mass is 10.1. The second kappa shape index (κ2) is 7.78. The van der Waals surface area contributed by atoms with Crippen molar-refractivity contribution in [2.45, 2.75) is 32.4 Å². The number of amides is 1. The maximum atomic E-state index is 13.5. The number of ether oxygens (including phenoxy) is 1. The van der Waals surface area contributed by atoms with Crippen molar-refractivity contribution in [1.82, 2.24) is 20.2 Å². The fourth-order valence-corrected chi connectivity index (χ4v) is 3.32. The maximum Gasteiger partial charge on any atom is 0.255 e. The predicted octanol–water partition coefficient (Wildman–Crippen LogP) is 2.63. The van der Waals surface area contributed by atoms with Gasteiger partial charge in [-0.25, -0.2) is 14.4 Å². The third kappa shape index (κ3) is 3.83. The van der Waals surface area contributed by atoms with E-state index in [1.165, 1.54) is 25.3 Å². The summed E-state index contributed by atoms with van der Waals surface area (Å²) in [6, 6.07) is 4.11. The summed E-state index contributed by atoms with van der Waals surface area (Å²) >= 11 is 0. The lowest BCUT2D eigenvalue weighted by molar-refractivity contribution is 0.0947. The summed E-state index contributed by atoms with van der Waals surface area (Å²) in [6.45, 7) is 3.16. The molecule has 2 aromatic rings. The van der Waals surface area contributed by atoms with Crippen LogP contribution in [0.1, 0.15) is 46.3 Å². The molecular weight excluding hydrogens is 335 g/mol. The van der Waals surface area contributed by atoms with E-state index in [0.717, 1.165) is 30.6 Å². The summed E-state index contributed by atoms with van der Waals surface area (Å²) in [4.78, 5) is 23.7. The zero-order valence-corrected chi connectivity index (χ0v) is 15.3. The van der Waals surface area contributed by atoms with Crippen molar-refractivity contribution in [3.05, 3.63) is 52.9 Å². The number of halogens is 1. The van der Waals surface area contributed by atoms with Crippen LogP contribution in [-0.2, 0) is 6.54 Å². The summed E-state index contributed by atoms with van der Waals surface area (Å²) in [5, 5.41) is 2.83. The summed E-state index contributed by atoms with van der Waals surface area (Å²) in [5.74, 6) is 0.164. The number of nitrogens with zero attached hydrogens (tertiary/aromatic N) is 3. The van der Waals surface area contributed by atoms with Gasteiger partial charge in [-0.15, -0.1) is 0 Å². The van der Waals surface area contributed by atoms with E-state index in [9.17, 15) is 9.18 Å². The average Bonchev–Trinajstić information content (AvgIpc) is 3.06. The average molecular weight is 358 g/mol. The monoisotopic (exact) mass is 358 g/mol. The molecule has 0 bridgehead atoms. The van der Waals surface area contributed by atoms with E-state index in [1.807, 2.05) is 6.92 Å². The van der Waals surface area contributed by atoms with Gasteiger partial charge in [0.05, 0.1) is 24.4 Å². The van der Waals surface area contributed by atoms with Gasteiger partial charge in [0, 0.05) is 18.3 Å². The topological polar surface area (TPSA) is 67.3 Å². The normalized spacial score (nSPS) is 17.3. The van der Waals surface area contributed by atoms with Gasteiger partial charge in [0.25, 0.3) is 5.91 Å². The van der Waals surface area contributed by atoms with Gasteiger partial charge >= 0.3 is 0 Å². The first-order chi connectivity index (χ1) is 12.5. The van der Waals surface area contributed by atoms with E-state index in [0.29, 0.717) is 11.6 Å². The zero-order valence-electron chi connectivity index (χ0n) is 15.3. The van der Waals surface area contributed by atoms with Crippen molar-refractivity contribution in [3.8, 4) is 5.75 Å². The minimum Gasteiger partial charge on any atom is -0.496 e.